The van der Waals surface area contributed by atoms with Crippen molar-refractivity contribution in [3.8, 4) is 0 Å². The number of benzene rings is 2. The fraction of sp³-hybridized carbons (Fsp3) is 0.176. The van der Waals surface area contributed by atoms with Crippen molar-refractivity contribution in [3.05, 3.63) is 69.8 Å². The van der Waals surface area contributed by atoms with E-state index in [0.717, 1.165) is 32.2 Å². The smallest absolute Gasteiger partial charge is 0.0705 e. The maximum Gasteiger partial charge on any atom is 0.0705 e. The molecule has 0 aliphatic carbocycles. The molecule has 0 spiro atoms. The van der Waals surface area contributed by atoms with E-state index >= 15 is 0 Å². The number of rotatable bonds is 4. The van der Waals surface area contributed by atoms with E-state index in [4.69, 9.17) is 23.2 Å². The summed E-state index contributed by atoms with van der Waals surface area (Å²) < 4.78 is 0. The van der Waals surface area contributed by atoms with Crippen LogP contribution in [-0.4, -0.2) is 4.98 Å². The van der Waals surface area contributed by atoms with Crippen LogP contribution in [0, 0.1) is 0 Å². The average Bonchev–Trinajstić information content (AvgIpc) is 2.82. The maximum atomic E-state index is 6.42. The summed E-state index contributed by atoms with van der Waals surface area (Å²) in [5, 5.41) is 6.07. The summed E-state index contributed by atoms with van der Waals surface area (Å²) in [7, 11) is 0. The van der Waals surface area contributed by atoms with E-state index in [0.29, 0.717) is 6.54 Å². The number of nitrogens with one attached hydrogen (secondary N) is 2. The van der Waals surface area contributed by atoms with Gasteiger partial charge >= 0.3 is 0 Å². The molecular formula is C17H16Cl2N2. The number of H-pyrrole nitrogens is 1. The summed E-state index contributed by atoms with van der Waals surface area (Å²) in [4.78, 5) is 3.36. The van der Waals surface area contributed by atoms with Crippen LogP contribution in [0.1, 0.15) is 24.2 Å². The molecule has 0 saturated carbocycles. The quantitative estimate of drug-likeness (QED) is 0.669. The van der Waals surface area contributed by atoms with Gasteiger partial charge in [0.1, 0.15) is 0 Å². The lowest BCUT2D eigenvalue weighted by molar-refractivity contribution is 0.570. The van der Waals surface area contributed by atoms with Crippen LogP contribution in [0.15, 0.2) is 48.5 Å². The highest BCUT2D eigenvalue weighted by Gasteiger charge is 2.12. The fourth-order valence-corrected chi connectivity index (χ4v) is 3.05. The molecule has 0 radical (unpaired) electrons. The lowest BCUT2D eigenvalue weighted by atomic mass is 10.1. The molecule has 0 fully saturated rings. The SMILES string of the molecule is C[C@H](NCc1[nH]c2ccccc2c1Cl)c1ccccc1Cl. The Morgan fingerprint density at radius 3 is 2.52 bits per heavy atom. The molecule has 21 heavy (non-hydrogen) atoms. The van der Waals surface area contributed by atoms with E-state index in [1.54, 1.807) is 0 Å². The molecule has 0 aliphatic heterocycles. The first-order valence-electron chi connectivity index (χ1n) is 6.89. The van der Waals surface area contributed by atoms with Crippen LogP contribution in [0.4, 0.5) is 0 Å². The topological polar surface area (TPSA) is 27.8 Å². The number of aromatic amines is 1. The fourth-order valence-electron chi connectivity index (χ4n) is 2.48. The predicted octanol–water partition coefficient (Wildman–Crippen LogP) is 5.33. The second kappa shape index (κ2) is 6.10. The molecule has 3 aromatic rings. The van der Waals surface area contributed by atoms with Crippen LogP contribution in [0.5, 0.6) is 0 Å². The van der Waals surface area contributed by atoms with Crippen molar-refractivity contribution < 1.29 is 0 Å². The van der Waals surface area contributed by atoms with Crippen LogP contribution < -0.4 is 5.32 Å². The third-order valence-corrected chi connectivity index (χ3v) is 4.45. The van der Waals surface area contributed by atoms with Gasteiger partial charge in [0, 0.05) is 34.2 Å². The van der Waals surface area contributed by atoms with Gasteiger partial charge in [-0.15, -0.1) is 0 Å². The van der Waals surface area contributed by atoms with E-state index in [1.165, 1.54) is 0 Å². The highest BCUT2D eigenvalue weighted by molar-refractivity contribution is 6.36. The highest BCUT2D eigenvalue weighted by atomic mass is 35.5. The van der Waals surface area contributed by atoms with Gasteiger partial charge in [-0.3, -0.25) is 0 Å². The van der Waals surface area contributed by atoms with Gasteiger partial charge in [0.2, 0.25) is 0 Å². The molecule has 0 aliphatic rings. The van der Waals surface area contributed by atoms with Gasteiger partial charge in [0.05, 0.1) is 5.02 Å². The monoisotopic (exact) mass is 318 g/mol. The number of para-hydroxylation sites is 1. The third kappa shape index (κ3) is 2.93. The molecule has 0 saturated heterocycles. The van der Waals surface area contributed by atoms with Crippen LogP contribution >= 0.6 is 23.2 Å². The Morgan fingerprint density at radius 2 is 1.76 bits per heavy atom. The molecule has 1 heterocycles. The van der Waals surface area contributed by atoms with Gasteiger partial charge in [0.15, 0.2) is 0 Å². The van der Waals surface area contributed by atoms with Crippen molar-refractivity contribution in [2.45, 2.75) is 19.5 Å². The Morgan fingerprint density at radius 1 is 1.05 bits per heavy atom. The van der Waals surface area contributed by atoms with Crippen molar-refractivity contribution in [2.75, 3.05) is 0 Å². The standard InChI is InChI=1S/C17H16Cl2N2/c1-11(12-6-2-4-8-14(12)18)20-10-16-17(19)13-7-3-5-9-15(13)21-16/h2-9,11,20-21H,10H2,1H3/t11-/m0/s1. The van der Waals surface area contributed by atoms with Crippen LogP contribution in [0.25, 0.3) is 10.9 Å². The Balaban J connectivity index is 1.77. The minimum absolute atomic E-state index is 0.154. The minimum Gasteiger partial charge on any atom is -0.356 e. The predicted molar refractivity (Wildman–Crippen MR) is 90.0 cm³/mol. The molecule has 3 rings (SSSR count). The number of fused-ring (bicyclic) bond motifs is 1. The largest absolute Gasteiger partial charge is 0.356 e. The van der Waals surface area contributed by atoms with Crippen LogP contribution in [0.2, 0.25) is 10.0 Å². The number of hydrogen-bond donors (Lipinski definition) is 2. The summed E-state index contributed by atoms with van der Waals surface area (Å²) >= 11 is 12.6. The number of halogens is 2. The molecule has 0 amide bonds. The average molecular weight is 319 g/mol. The van der Waals surface area contributed by atoms with Crippen molar-refractivity contribution in [2.24, 2.45) is 0 Å². The lowest BCUT2D eigenvalue weighted by Gasteiger charge is -2.15. The van der Waals surface area contributed by atoms with E-state index in [1.807, 2.05) is 48.5 Å². The van der Waals surface area contributed by atoms with Gasteiger partial charge in [0.25, 0.3) is 0 Å². The second-order valence-electron chi connectivity index (χ2n) is 5.09. The highest BCUT2D eigenvalue weighted by Crippen LogP contribution is 2.28. The summed E-state index contributed by atoms with van der Waals surface area (Å²) in [5.74, 6) is 0. The van der Waals surface area contributed by atoms with E-state index in [2.05, 4.69) is 17.2 Å². The molecule has 0 unspecified atom stereocenters. The molecule has 0 bridgehead atoms. The normalized spacial score (nSPS) is 12.7. The van der Waals surface area contributed by atoms with E-state index < -0.39 is 0 Å². The molecule has 4 heteroatoms. The van der Waals surface area contributed by atoms with Gasteiger partial charge in [-0.25, -0.2) is 0 Å². The Kier molecular flexibility index (Phi) is 4.20. The van der Waals surface area contributed by atoms with Gasteiger partial charge < -0.3 is 10.3 Å². The maximum absolute atomic E-state index is 6.42. The van der Waals surface area contributed by atoms with Crippen molar-refractivity contribution in [1.29, 1.82) is 0 Å². The lowest BCUT2D eigenvalue weighted by Crippen LogP contribution is -2.18. The Hall–Kier alpha value is -1.48. The first kappa shape index (κ1) is 14.5. The van der Waals surface area contributed by atoms with Gasteiger partial charge in [-0.05, 0) is 24.6 Å². The second-order valence-corrected chi connectivity index (χ2v) is 5.87. The first-order valence-corrected chi connectivity index (χ1v) is 7.65. The zero-order valence-corrected chi connectivity index (χ0v) is 13.2. The summed E-state index contributed by atoms with van der Waals surface area (Å²) in [6.45, 7) is 2.76. The Labute approximate surface area is 134 Å². The molecule has 1 aromatic heterocycles. The Bertz CT molecular complexity index is 764. The molecule has 2 nitrogen and oxygen atoms in total. The van der Waals surface area contributed by atoms with Gasteiger partial charge in [-0.1, -0.05) is 59.6 Å². The zero-order valence-electron chi connectivity index (χ0n) is 11.7. The molecule has 108 valence electrons. The first-order chi connectivity index (χ1) is 10.2. The van der Waals surface area contributed by atoms with Crippen molar-refractivity contribution in [1.82, 2.24) is 10.3 Å². The van der Waals surface area contributed by atoms with Crippen molar-refractivity contribution in [3.63, 3.8) is 0 Å². The van der Waals surface area contributed by atoms with E-state index in [-0.39, 0.29) is 6.04 Å². The van der Waals surface area contributed by atoms with Crippen LogP contribution in [-0.2, 0) is 6.54 Å². The molecule has 2 N–H and O–H groups in total. The van der Waals surface area contributed by atoms with Gasteiger partial charge in [-0.2, -0.15) is 0 Å². The number of hydrogen-bond acceptors (Lipinski definition) is 1. The van der Waals surface area contributed by atoms with E-state index in [9.17, 15) is 0 Å². The number of aromatic nitrogens is 1. The van der Waals surface area contributed by atoms with Crippen LogP contribution in [0.3, 0.4) is 0 Å². The summed E-state index contributed by atoms with van der Waals surface area (Å²) in [6.07, 6.45) is 0. The third-order valence-electron chi connectivity index (χ3n) is 3.67. The summed E-state index contributed by atoms with van der Waals surface area (Å²) in [6, 6.07) is 16.1. The molecule has 2 aromatic carbocycles. The summed E-state index contributed by atoms with van der Waals surface area (Å²) in [5.41, 5.74) is 3.15. The minimum atomic E-state index is 0.154. The molecular weight excluding hydrogens is 303 g/mol. The molecule has 1 atom stereocenters. The van der Waals surface area contributed by atoms with Crippen molar-refractivity contribution >= 4 is 34.1 Å². The zero-order chi connectivity index (χ0) is 14.8.